The number of nitrogens with zero attached hydrogens (tertiary/aromatic N) is 2. The van der Waals surface area contributed by atoms with E-state index in [4.69, 9.17) is 0 Å². The van der Waals surface area contributed by atoms with Crippen LogP contribution in [0.4, 0.5) is 5.69 Å². The largest absolute Gasteiger partial charge is 0.302 e. The average molecular weight is 269 g/mol. The molecule has 0 radical (unpaired) electrons. The predicted molar refractivity (Wildman–Crippen MR) is 67.2 cm³/mol. The standard InChI is InChI=1S/C11H15N3O3S/c1-9(15)11-5-3-7-14(11)18(16,17)13-10-4-2-6-12-8-10/h2,4,6,8,11,13H,3,5,7H2,1H3. The van der Waals surface area contributed by atoms with Gasteiger partial charge in [0.2, 0.25) is 0 Å². The topological polar surface area (TPSA) is 79.4 Å². The molecule has 0 spiro atoms. The van der Waals surface area contributed by atoms with E-state index in [9.17, 15) is 13.2 Å². The Labute approximate surface area is 106 Å². The van der Waals surface area contributed by atoms with Gasteiger partial charge in [0.25, 0.3) is 0 Å². The molecule has 2 rings (SSSR count). The van der Waals surface area contributed by atoms with Crippen molar-refractivity contribution in [1.82, 2.24) is 9.29 Å². The van der Waals surface area contributed by atoms with Gasteiger partial charge in [0, 0.05) is 12.7 Å². The predicted octanol–water partition coefficient (Wildman–Crippen LogP) is 0.792. The Kier molecular flexibility index (Phi) is 3.63. The molecule has 1 aromatic heterocycles. The highest BCUT2D eigenvalue weighted by molar-refractivity contribution is 7.90. The summed E-state index contributed by atoms with van der Waals surface area (Å²) in [5.74, 6) is -0.121. The van der Waals surface area contributed by atoms with Gasteiger partial charge in [-0.15, -0.1) is 0 Å². The van der Waals surface area contributed by atoms with Gasteiger partial charge in [-0.05, 0) is 31.9 Å². The van der Waals surface area contributed by atoms with Gasteiger partial charge >= 0.3 is 10.2 Å². The van der Waals surface area contributed by atoms with Crippen molar-refractivity contribution in [1.29, 1.82) is 0 Å². The number of ketones is 1. The highest BCUT2D eigenvalue weighted by atomic mass is 32.2. The number of anilines is 1. The van der Waals surface area contributed by atoms with Crippen molar-refractivity contribution in [2.24, 2.45) is 0 Å². The van der Waals surface area contributed by atoms with Gasteiger partial charge in [-0.25, -0.2) is 0 Å². The molecule has 1 atom stereocenters. The van der Waals surface area contributed by atoms with E-state index in [2.05, 4.69) is 9.71 Å². The fourth-order valence-electron chi connectivity index (χ4n) is 2.06. The van der Waals surface area contributed by atoms with E-state index < -0.39 is 16.3 Å². The Morgan fingerprint density at radius 3 is 2.94 bits per heavy atom. The molecule has 0 amide bonds. The molecule has 1 aromatic rings. The van der Waals surface area contributed by atoms with E-state index in [1.807, 2.05) is 0 Å². The smallest absolute Gasteiger partial charge is 0.298 e. The van der Waals surface area contributed by atoms with Gasteiger partial charge in [0.15, 0.2) is 0 Å². The number of pyridine rings is 1. The minimum Gasteiger partial charge on any atom is -0.298 e. The molecular formula is C11H15N3O3S. The van der Waals surface area contributed by atoms with E-state index in [0.717, 1.165) is 0 Å². The summed E-state index contributed by atoms with van der Waals surface area (Å²) < 4.78 is 28.0. The summed E-state index contributed by atoms with van der Waals surface area (Å²) in [4.78, 5) is 15.2. The van der Waals surface area contributed by atoms with Gasteiger partial charge in [-0.1, -0.05) is 0 Å². The van der Waals surface area contributed by atoms with Crippen LogP contribution in [0.2, 0.25) is 0 Å². The highest BCUT2D eigenvalue weighted by Gasteiger charge is 2.36. The van der Waals surface area contributed by atoms with E-state index in [1.165, 1.54) is 17.4 Å². The maximum atomic E-state index is 12.2. The fourth-order valence-corrected chi connectivity index (χ4v) is 3.56. The lowest BCUT2D eigenvalue weighted by Gasteiger charge is -2.22. The average Bonchev–Trinajstić information content (AvgIpc) is 2.79. The molecule has 1 unspecified atom stereocenters. The number of hydrogen-bond donors (Lipinski definition) is 1. The van der Waals surface area contributed by atoms with Crippen LogP contribution in [-0.2, 0) is 15.0 Å². The second-order valence-electron chi connectivity index (χ2n) is 4.23. The number of hydrogen-bond acceptors (Lipinski definition) is 4. The number of rotatable bonds is 4. The summed E-state index contributed by atoms with van der Waals surface area (Å²) in [5, 5.41) is 0. The van der Waals surface area contributed by atoms with Crippen LogP contribution >= 0.6 is 0 Å². The fraction of sp³-hybridized carbons (Fsp3) is 0.455. The van der Waals surface area contributed by atoms with Crippen molar-refractivity contribution in [3.8, 4) is 0 Å². The number of aromatic nitrogens is 1. The molecule has 7 heteroatoms. The zero-order chi connectivity index (χ0) is 13.2. The Bertz CT molecular complexity index is 530. The quantitative estimate of drug-likeness (QED) is 0.876. The van der Waals surface area contributed by atoms with Crippen molar-refractivity contribution in [3.63, 3.8) is 0 Å². The van der Waals surface area contributed by atoms with Crippen molar-refractivity contribution in [3.05, 3.63) is 24.5 Å². The van der Waals surface area contributed by atoms with Crippen LogP contribution in [0, 0.1) is 0 Å². The molecule has 0 aliphatic carbocycles. The first-order chi connectivity index (χ1) is 8.50. The lowest BCUT2D eigenvalue weighted by molar-refractivity contribution is -0.119. The minimum absolute atomic E-state index is 0.121. The van der Waals surface area contributed by atoms with Gasteiger partial charge in [-0.3, -0.25) is 14.5 Å². The normalized spacial score (nSPS) is 20.8. The Morgan fingerprint density at radius 1 is 1.56 bits per heavy atom. The number of carbonyl (C=O) groups is 1. The molecule has 1 fully saturated rings. The van der Waals surface area contributed by atoms with Crippen LogP contribution in [0.3, 0.4) is 0 Å². The summed E-state index contributed by atoms with van der Waals surface area (Å²) in [7, 11) is -3.68. The van der Waals surface area contributed by atoms with Crippen LogP contribution in [0.25, 0.3) is 0 Å². The van der Waals surface area contributed by atoms with Gasteiger partial charge in [-0.2, -0.15) is 12.7 Å². The molecule has 1 aliphatic heterocycles. The number of carbonyl (C=O) groups excluding carboxylic acids is 1. The minimum atomic E-state index is -3.68. The molecule has 6 nitrogen and oxygen atoms in total. The lowest BCUT2D eigenvalue weighted by Crippen LogP contribution is -2.42. The van der Waals surface area contributed by atoms with Gasteiger partial charge in [0.05, 0.1) is 17.9 Å². The summed E-state index contributed by atoms with van der Waals surface area (Å²) in [6.07, 6.45) is 4.28. The first-order valence-electron chi connectivity index (χ1n) is 5.71. The Balaban J connectivity index is 2.19. The van der Waals surface area contributed by atoms with Crippen molar-refractivity contribution in [2.75, 3.05) is 11.3 Å². The third kappa shape index (κ3) is 2.68. The summed E-state index contributed by atoms with van der Waals surface area (Å²) >= 11 is 0. The monoisotopic (exact) mass is 269 g/mol. The van der Waals surface area contributed by atoms with E-state index in [-0.39, 0.29) is 5.78 Å². The zero-order valence-corrected chi connectivity index (χ0v) is 10.9. The van der Waals surface area contributed by atoms with Crippen LogP contribution in [-0.4, -0.2) is 36.1 Å². The number of Topliss-reactive ketones (excluding diaryl/α,β-unsaturated/α-hetero) is 1. The second kappa shape index (κ2) is 5.03. The molecule has 1 aliphatic rings. The molecular weight excluding hydrogens is 254 g/mol. The third-order valence-corrected chi connectivity index (χ3v) is 4.44. The van der Waals surface area contributed by atoms with E-state index >= 15 is 0 Å². The molecule has 0 aromatic carbocycles. The lowest BCUT2D eigenvalue weighted by atomic mass is 10.2. The molecule has 1 saturated heterocycles. The van der Waals surface area contributed by atoms with Crippen LogP contribution in [0.5, 0.6) is 0 Å². The molecule has 18 heavy (non-hydrogen) atoms. The number of nitrogens with one attached hydrogen (secondary N) is 1. The highest BCUT2D eigenvalue weighted by Crippen LogP contribution is 2.22. The van der Waals surface area contributed by atoms with Crippen molar-refractivity contribution in [2.45, 2.75) is 25.8 Å². The third-order valence-electron chi connectivity index (χ3n) is 2.89. The molecule has 0 saturated carbocycles. The molecule has 2 heterocycles. The SMILES string of the molecule is CC(=O)C1CCCN1S(=O)(=O)Nc1cccnc1. The summed E-state index contributed by atoms with van der Waals surface area (Å²) in [6, 6.07) is 2.72. The second-order valence-corrected chi connectivity index (χ2v) is 5.85. The van der Waals surface area contributed by atoms with Crippen molar-refractivity contribution >= 4 is 21.7 Å². The van der Waals surface area contributed by atoms with Crippen molar-refractivity contribution < 1.29 is 13.2 Å². The maximum Gasteiger partial charge on any atom is 0.302 e. The molecule has 0 bridgehead atoms. The zero-order valence-electron chi connectivity index (χ0n) is 10.0. The first kappa shape index (κ1) is 13.0. The van der Waals surface area contributed by atoms with E-state index in [1.54, 1.807) is 18.3 Å². The first-order valence-corrected chi connectivity index (χ1v) is 7.15. The van der Waals surface area contributed by atoms with Gasteiger partial charge < -0.3 is 0 Å². The van der Waals surface area contributed by atoms with Gasteiger partial charge in [0.1, 0.15) is 5.78 Å². The Morgan fingerprint density at radius 2 is 2.33 bits per heavy atom. The van der Waals surface area contributed by atoms with Crippen LogP contribution < -0.4 is 4.72 Å². The van der Waals surface area contributed by atoms with E-state index in [0.29, 0.717) is 25.1 Å². The summed E-state index contributed by atoms with van der Waals surface area (Å²) in [6.45, 7) is 1.79. The Hall–Kier alpha value is -1.47. The van der Waals surface area contributed by atoms with Crippen LogP contribution in [0.1, 0.15) is 19.8 Å². The molecule has 98 valence electrons. The molecule has 1 N–H and O–H groups in total. The maximum absolute atomic E-state index is 12.2. The van der Waals surface area contributed by atoms with Crippen LogP contribution in [0.15, 0.2) is 24.5 Å². The summed E-state index contributed by atoms with van der Waals surface area (Å²) in [5.41, 5.74) is 0.395.